The molecule has 0 amide bonds. The molecule has 1 heteroatoms. The highest BCUT2D eigenvalue weighted by Crippen LogP contribution is 2.59. The summed E-state index contributed by atoms with van der Waals surface area (Å²) in [4.78, 5) is 0. The molecule has 78 valence electrons. The Labute approximate surface area is 87.7 Å². The third-order valence-electron chi connectivity index (χ3n) is 3.93. The summed E-state index contributed by atoms with van der Waals surface area (Å²) in [5, 5.41) is 3.62. The van der Waals surface area contributed by atoms with E-state index in [0.29, 0.717) is 6.04 Å². The van der Waals surface area contributed by atoms with E-state index in [4.69, 9.17) is 6.42 Å². The standard InChI is InChI=1S/C13H21N/c1-3-6-12(14-9-4-2)13-10-7-5-8-11(10)13/h1,10-14H,4-9H2,2H3. The fourth-order valence-corrected chi connectivity index (χ4v) is 3.27. The summed E-state index contributed by atoms with van der Waals surface area (Å²) in [6, 6.07) is 0.621. The van der Waals surface area contributed by atoms with Crippen LogP contribution in [0.4, 0.5) is 0 Å². The Morgan fingerprint density at radius 2 is 2.14 bits per heavy atom. The summed E-state index contributed by atoms with van der Waals surface area (Å²) in [6.45, 7) is 3.34. The van der Waals surface area contributed by atoms with Gasteiger partial charge in [0.2, 0.25) is 0 Å². The van der Waals surface area contributed by atoms with Crippen LogP contribution in [0.5, 0.6) is 0 Å². The summed E-state index contributed by atoms with van der Waals surface area (Å²) < 4.78 is 0. The lowest BCUT2D eigenvalue weighted by Crippen LogP contribution is -2.32. The molecule has 0 bridgehead atoms. The van der Waals surface area contributed by atoms with Gasteiger partial charge in [-0.15, -0.1) is 12.3 Å². The van der Waals surface area contributed by atoms with E-state index in [2.05, 4.69) is 18.2 Å². The zero-order valence-corrected chi connectivity index (χ0v) is 9.13. The Morgan fingerprint density at radius 1 is 1.43 bits per heavy atom. The number of rotatable bonds is 5. The van der Waals surface area contributed by atoms with Crippen molar-refractivity contribution < 1.29 is 0 Å². The molecular weight excluding hydrogens is 170 g/mol. The molecule has 0 saturated heterocycles. The van der Waals surface area contributed by atoms with Gasteiger partial charge in [0.05, 0.1) is 0 Å². The Morgan fingerprint density at radius 3 is 2.71 bits per heavy atom. The van der Waals surface area contributed by atoms with Crippen molar-refractivity contribution in [3.8, 4) is 12.3 Å². The minimum absolute atomic E-state index is 0.621. The Kier molecular flexibility index (Phi) is 3.13. The summed E-state index contributed by atoms with van der Waals surface area (Å²) in [5.41, 5.74) is 0. The normalized spacial score (nSPS) is 36.1. The fraction of sp³-hybridized carbons (Fsp3) is 0.846. The maximum atomic E-state index is 5.43. The van der Waals surface area contributed by atoms with Crippen LogP contribution in [-0.4, -0.2) is 12.6 Å². The van der Waals surface area contributed by atoms with Crippen LogP contribution in [0.15, 0.2) is 0 Å². The molecule has 0 aromatic rings. The number of hydrogen-bond donors (Lipinski definition) is 1. The van der Waals surface area contributed by atoms with Crippen LogP contribution in [-0.2, 0) is 0 Å². The Bertz CT molecular complexity index is 218. The van der Waals surface area contributed by atoms with Gasteiger partial charge in [-0.1, -0.05) is 13.3 Å². The van der Waals surface area contributed by atoms with Crippen LogP contribution in [0.3, 0.4) is 0 Å². The zero-order valence-electron chi connectivity index (χ0n) is 9.13. The number of nitrogens with one attached hydrogen (secondary N) is 1. The number of hydrogen-bond acceptors (Lipinski definition) is 1. The quantitative estimate of drug-likeness (QED) is 0.658. The van der Waals surface area contributed by atoms with Gasteiger partial charge in [-0.25, -0.2) is 0 Å². The highest BCUT2D eigenvalue weighted by Gasteiger charge is 2.55. The van der Waals surface area contributed by atoms with E-state index in [1.165, 1.54) is 25.7 Å². The van der Waals surface area contributed by atoms with Crippen molar-refractivity contribution in [2.75, 3.05) is 6.54 Å². The highest BCUT2D eigenvalue weighted by atomic mass is 14.9. The van der Waals surface area contributed by atoms with Gasteiger partial charge < -0.3 is 5.32 Å². The molecule has 0 heterocycles. The maximum Gasteiger partial charge on any atom is 0.0243 e. The Hall–Kier alpha value is -0.480. The minimum atomic E-state index is 0.621. The van der Waals surface area contributed by atoms with E-state index in [9.17, 15) is 0 Å². The first-order valence-corrected chi connectivity index (χ1v) is 6.05. The SMILES string of the molecule is C#CCC(NCCC)C1C2CCCC21. The molecule has 2 saturated carbocycles. The first-order chi connectivity index (χ1) is 6.88. The molecule has 0 radical (unpaired) electrons. The highest BCUT2D eigenvalue weighted by molar-refractivity contribution is 5.08. The van der Waals surface area contributed by atoms with E-state index in [1.807, 2.05) is 0 Å². The molecule has 3 atom stereocenters. The van der Waals surface area contributed by atoms with Crippen LogP contribution < -0.4 is 5.32 Å². The lowest BCUT2D eigenvalue weighted by molar-refractivity contribution is 0.412. The molecule has 3 unspecified atom stereocenters. The first-order valence-electron chi connectivity index (χ1n) is 6.05. The zero-order chi connectivity index (χ0) is 9.97. The third-order valence-corrected chi connectivity index (χ3v) is 3.93. The molecule has 0 aliphatic heterocycles. The molecule has 2 fully saturated rings. The monoisotopic (exact) mass is 191 g/mol. The second-order valence-corrected chi connectivity index (χ2v) is 4.80. The van der Waals surface area contributed by atoms with Crippen molar-refractivity contribution in [3.05, 3.63) is 0 Å². The fourth-order valence-electron chi connectivity index (χ4n) is 3.27. The molecule has 2 aliphatic carbocycles. The van der Waals surface area contributed by atoms with Gasteiger partial charge in [0.15, 0.2) is 0 Å². The minimum Gasteiger partial charge on any atom is -0.313 e. The van der Waals surface area contributed by atoms with E-state index in [1.54, 1.807) is 0 Å². The average Bonchev–Trinajstić information content (AvgIpc) is 2.68. The second-order valence-electron chi connectivity index (χ2n) is 4.80. The van der Waals surface area contributed by atoms with Gasteiger partial charge in [-0.05, 0) is 43.6 Å². The van der Waals surface area contributed by atoms with Crippen LogP contribution in [0, 0.1) is 30.1 Å². The molecule has 2 aliphatic rings. The number of fused-ring (bicyclic) bond motifs is 1. The largest absolute Gasteiger partial charge is 0.313 e. The molecule has 0 aromatic heterocycles. The van der Waals surface area contributed by atoms with Gasteiger partial charge >= 0.3 is 0 Å². The van der Waals surface area contributed by atoms with Gasteiger partial charge in [0.25, 0.3) is 0 Å². The molecule has 14 heavy (non-hydrogen) atoms. The average molecular weight is 191 g/mol. The third kappa shape index (κ3) is 1.81. The predicted molar refractivity (Wildman–Crippen MR) is 59.9 cm³/mol. The lowest BCUT2D eigenvalue weighted by atomic mass is 10.0. The number of terminal acetylenes is 1. The van der Waals surface area contributed by atoms with Crippen LogP contribution in [0.1, 0.15) is 39.0 Å². The molecule has 1 nitrogen and oxygen atoms in total. The van der Waals surface area contributed by atoms with E-state index >= 15 is 0 Å². The van der Waals surface area contributed by atoms with Crippen molar-refractivity contribution in [2.24, 2.45) is 17.8 Å². The van der Waals surface area contributed by atoms with E-state index < -0.39 is 0 Å². The summed E-state index contributed by atoms with van der Waals surface area (Å²) in [5.74, 6) is 5.80. The van der Waals surface area contributed by atoms with Crippen LogP contribution in [0.2, 0.25) is 0 Å². The molecule has 2 rings (SSSR count). The van der Waals surface area contributed by atoms with Crippen molar-refractivity contribution in [1.82, 2.24) is 5.32 Å². The van der Waals surface area contributed by atoms with E-state index in [0.717, 1.165) is 30.7 Å². The summed E-state index contributed by atoms with van der Waals surface area (Å²) >= 11 is 0. The van der Waals surface area contributed by atoms with Crippen molar-refractivity contribution in [3.63, 3.8) is 0 Å². The van der Waals surface area contributed by atoms with Gasteiger partial charge in [-0.3, -0.25) is 0 Å². The first kappa shape index (κ1) is 10.1. The Balaban J connectivity index is 1.83. The molecule has 0 aromatic carbocycles. The topological polar surface area (TPSA) is 12.0 Å². The summed E-state index contributed by atoms with van der Waals surface area (Å²) in [6.07, 6.45) is 12.0. The van der Waals surface area contributed by atoms with Crippen molar-refractivity contribution in [1.29, 1.82) is 0 Å². The molecule has 1 N–H and O–H groups in total. The van der Waals surface area contributed by atoms with Crippen molar-refractivity contribution >= 4 is 0 Å². The van der Waals surface area contributed by atoms with Crippen molar-refractivity contribution in [2.45, 2.75) is 45.1 Å². The lowest BCUT2D eigenvalue weighted by Gasteiger charge is -2.17. The van der Waals surface area contributed by atoms with Crippen LogP contribution in [0.25, 0.3) is 0 Å². The van der Waals surface area contributed by atoms with Gasteiger partial charge in [0.1, 0.15) is 0 Å². The van der Waals surface area contributed by atoms with Crippen LogP contribution >= 0.6 is 0 Å². The van der Waals surface area contributed by atoms with E-state index in [-0.39, 0.29) is 0 Å². The molecular formula is C13H21N. The maximum absolute atomic E-state index is 5.43. The summed E-state index contributed by atoms with van der Waals surface area (Å²) in [7, 11) is 0. The predicted octanol–water partition coefficient (Wildman–Crippen LogP) is 2.42. The second kappa shape index (κ2) is 4.36. The molecule has 0 spiro atoms. The van der Waals surface area contributed by atoms with Gasteiger partial charge in [-0.2, -0.15) is 0 Å². The smallest absolute Gasteiger partial charge is 0.0243 e. The van der Waals surface area contributed by atoms with Gasteiger partial charge in [0, 0.05) is 12.5 Å².